The first-order chi connectivity index (χ1) is 13.3. The molecule has 1 atom stereocenters. The van der Waals surface area contributed by atoms with Crippen LogP contribution < -0.4 is 10.9 Å². The molecule has 1 N–H and O–H groups in total. The first kappa shape index (κ1) is 19.5. The summed E-state index contributed by atoms with van der Waals surface area (Å²) < 4.78 is 6.35. The van der Waals surface area contributed by atoms with Gasteiger partial charge in [-0.2, -0.15) is 10.4 Å². The summed E-state index contributed by atoms with van der Waals surface area (Å²) >= 11 is 0. The Bertz CT molecular complexity index is 1030. The van der Waals surface area contributed by atoms with Crippen molar-refractivity contribution in [1.29, 1.82) is 5.26 Å². The highest BCUT2D eigenvalue weighted by atomic mass is 16.5. The molecule has 8 nitrogen and oxygen atoms in total. The second kappa shape index (κ2) is 7.43. The predicted molar refractivity (Wildman–Crippen MR) is 102 cm³/mol. The second-order valence-electron chi connectivity index (χ2n) is 7.45. The number of amides is 1. The zero-order chi connectivity index (χ0) is 20.5. The molecule has 1 fully saturated rings. The van der Waals surface area contributed by atoms with Gasteiger partial charge in [-0.1, -0.05) is 18.2 Å². The van der Waals surface area contributed by atoms with E-state index in [4.69, 9.17) is 4.74 Å². The minimum atomic E-state index is -0.959. The number of aromatic nitrogens is 2. The van der Waals surface area contributed by atoms with E-state index in [0.29, 0.717) is 10.8 Å². The topological polar surface area (TPSA) is 114 Å². The first-order valence-electron chi connectivity index (χ1n) is 9.17. The smallest absolute Gasteiger partial charge is 0.359 e. The van der Waals surface area contributed by atoms with Crippen molar-refractivity contribution < 1.29 is 14.3 Å². The fraction of sp³-hybridized carbons (Fsp3) is 0.450. The third kappa shape index (κ3) is 3.74. The average Bonchev–Trinajstić information content (AvgIpc) is 3.52. The first-order valence-corrected chi connectivity index (χ1v) is 9.17. The lowest BCUT2D eigenvalue weighted by molar-refractivity contribution is -0.125. The molecule has 1 aliphatic carbocycles. The predicted octanol–water partition coefficient (Wildman–Crippen LogP) is 1.94. The Balaban J connectivity index is 1.80. The van der Waals surface area contributed by atoms with E-state index in [-0.39, 0.29) is 23.2 Å². The minimum absolute atomic E-state index is 0.0260. The minimum Gasteiger partial charge on any atom is -0.451 e. The number of nitrogens with zero attached hydrogens (tertiary/aromatic N) is 3. The summed E-state index contributed by atoms with van der Waals surface area (Å²) in [6.07, 6.45) is 1.77. The molecule has 0 saturated heterocycles. The van der Waals surface area contributed by atoms with Gasteiger partial charge in [0.15, 0.2) is 12.3 Å². The molecule has 146 valence electrons. The number of hydrogen-bond acceptors (Lipinski definition) is 6. The molecule has 8 heteroatoms. The molecule has 1 aromatic heterocycles. The molecule has 0 unspecified atom stereocenters. The van der Waals surface area contributed by atoms with Crippen molar-refractivity contribution in [3.63, 3.8) is 0 Å². The standard InChI is InChI=1S/C20H22N4O4/c1-12(2)24-18(26)15-7-5-4-6-14(15)17(23-24)19(27)28-10-16(25)22-20(3,11-21)13-8-9-13/h4-7,12-13H,8-10H2,1-3H3,(H,22,25)/t20-/m0/s1. The van der Waals surface area contributed by atoms with Crippen LogP contribution in [-0.4, -0.2) is 33.8 Å². The molecule has 0 bridgehead atoms. The van der Waals surface area contributed by atoms with Gasteiger partial charge in [0.1, 0.15) is 5.54 Å². The fourth-order valence-corrected chi connectivity index (χ4v) is 3.11. The van der Waals surface area contributed by atoms with Crippen LogP contribution >= 0.6 is 0 Å². The zero-order valence-electron chi connectivity index (χ0n) is 16.1. The highest BCUT2D eigenvalue weighted by molar-refractivity contribution is 6.02. The number of ether oxygens (including phenoxy) is 1. The van der Waals surface area contributed by atoms with Gasteiger partial charge in [-0.15, -0.1) is 0 Å². The number of hydrogen-bond donors (Lipinski definition) is 1. The summed E-state index contributed by atoms with van der Waals surface area (Å²) in [5.41, 5.74) is -1.28. The van der Waals surface area contributed by atoms with Crippen LogP contribution in [-0.2, 0) is 9.53 Å². The van der Waals surface area contributed by atoms with Gasteiger partial charge in [0.05, 0.1) is 17.5 Å². The number of rotatable bonds is 6. The maximum Gasteiger partial charge on any atom is 0.359 e. The van der Waals surface area contributed by atoms with Crippen LogP contribution in [0.4, 0.5) is 0 Å². The van der Waals surface area contributed by atoms with Crippen LogP contribution in [0.15, 0.2) is 29.1 Å². The van der Waals surface area contributed by atoms with E-state index in [0.717, 1.165) is 12.8 Å². The number of carbonyl (C=O) groups is 2. The Labute approximate surface area is 162 Å². The van der Waals surface area contributed by atoms with Gasteiger partial charge in [-0.05, 0) is 45.6 Å². The summed E-state index contributed by atoms with van der Waals surface area (Å²) in [4.78, 5) is 37.3. The van der Waals surface area contributed by atoms with Crippen LogP contribution in [0.25, 0.3) is 10.8 Å². The van der Waals surface area contributed by atoms with Crippen molar-refractivity contribution in [3.8, 4) is 6.07 Å². The maximum absolute atomic E-state index is 12.6. The van der Waals surface area contributed by atoms with E-state index in [2.05, 4.69) is 16.5 Å². The normalized spacial score (nSPS) is 15.7. The molecular formula is C20H22N4O4. The van der Waals surface area contributed by atoms with Crippen LogP contribution in [0.2, 0.25) is 0 Å². The van der Waals surface area contributed by atoms with Crippen LogP contribution in [0, 0.1) is 17.2 Å². The number of nitriles is 1. The summed E-state index contributed by atoms with van der Waals surface area (Å²) in [6.45, 7) is 4.70. The van der Waals surface area contributed by atoms with E-state index >= 15 is 0 Å². The van der Waals surface area contributed by atoms with E-state index in [1.54, 1.807) is 45.0 Å². The van der Waals surface area contributed by atoms with Gasteiger partial charge >= 0.3 is 5.97 Å². The number of nitrogens with one attached hydrogen (secondary N) is 1. The number of esters is 1. The van der Waals surface area contributed by atoms with Crippen LogP contribution in [0.5, 0.6) is 0 Å². The molecule has 1 aromatic carbocycles. The third-order valence-corrected chi connectivity index (χ3v) is 4.87. The van der Waals surface area contributed by atoms with Gasteiger partial charge < -0.3 is 10.1 Å². The molecule has 1 heterocycles. The molecule has 0 aliphatic heterocycles. The Morgan fingerprint density at radius 2 is 2.00 bits per heavy atom. The second-order valence-corrected chi connectivity index (χ2v) is 7.45. The largest absolute Gasteiger partial charge is 0.451 e. The summed E-state index contributed by atoms with van der Waals surface area (Å²) in [7, 11) is 0. The summed E-state index contributed by atoms with van der Waals surface area (Å²) in [5.74, 6) is -1.23. The van der Waals surface area contributed by atoms with Gasteiger partial charge in [-0.25, -0.2) is 9.48 Å². The highest BCUT2D eigenvalue weighted by Crippen LogP contribution is 2.39. The van der Waals surface area contributed by atoms with E-state index in [1.807, 2.05) is 0 Å². The molecule has 1 amide bonds. The van der Waals surface area contributed by atoms with E-state index in [1.165, 1.54) is 4.68 Å². The SMILES string of the molecule is CC(C)n1nc(C(=O)OCC(=O)N[C@@](C)(C#N)C2CC2)c2ccccc2c1=O. The van der Waals surface area contributed by atoms with Gasteiger partial charge in [0.2, 0.25) is 0 Å². The monoisotopic (exact) mass is 382 g/mol. The van der Waals surface area contributed by atoms with E-state index < -0.39 is 24.0 Å². The maximum atomic E-state index is 12.6. The Morgan fingerprint density at radius 1 is 1.36 bits per heavy atom. The molecule has 2 aromatic rings. The lowest BCUT2D eigenvalue weighted by Crippen LogP contribution is -2.48. The van der Waals surface area contributed by atoms with Crippen molar-refractivity contribution in [3.05, 3.63) is 40.3 Å². The number of benzene rings is 1. The van der Waals surface area contributed by atoms with Crippen LogP contribution in [0.3, 0.4) is 0 Å². The Hall–Kier alpha value is -3.21. The van der Waals surface area contributed by atoms with Crippen molar-refractivity contribution in [2.75, 3.05) is 6.61 Å². The highest BCUT2D eigenvalue weighted by Gasteiger charge is 2.43. The zero-order valence-corrected chi connectivity index (χ0v) is 16.1. The molecule has 0 radical (unpaired) electrons. The Kier molecular flexibility index (Phi) is 5.18. The molecule has 28 heavy (non-hydrogen) atoms. The molecular weight excluding hydrogens is 360 g/mol. The van der Waals surface area contributed by atoms with Gasteiger partial charge in [0, 0.05) is 5.39 Å². The lowest BCUT2D eigenvalue weighted by Gasteiger charge is -2.22. The summed E-state index contributed by atoms with van der Waals surface area (Å²) in [6, 6.07) is 8.51. The van der Waals surface area contributed by atoms with Gasteiger partial charge in [0.25, 0.3) is 11.5 Å². The van der Waals surface area contributed by atoms with Crippen molar-refractivity contribution in [1.82, 2.24) is 15.1 Å². The number of fused-ring (bicyclic) bond motifs is 1. The van der Waals surface area contributed by atoms with Crippen molar-refractivity contribution in [2.45, 2.75) is 45.2 Å². The average molecular weight is 382 g/mol. The quantitative estimate of drug-likeness (QED) is 0.764. The molecule has 1 saturated carbocycles. The Morgan fingerprint density at radius 3 is 2.57 bits per heavy atom. The third-order valence-electron chi connectivity index (χ3n) is 4.87. The van der Waals surface area contributed by atoms with E-state index in [9.17, 15) is 19.6 Å². The fourth-order valence-electron chi connectivity index (χ4n) is 3.11. The summed E-state index contributed by atoms with van der Waals surface area (Å²) in [5, 5.41) is 16.8. The van der Waals surface area contributed by atoms with Crippen molar-refractivity contribution in [2.24, 2.45) is 5.92 Å². The van der Waals surface area contributed by atoms with Crippen LogP contribution in [0.1, 0.15) is 50.1 Å². The number of carbonyl (C=O) groups excluding carboxylic acids is 2. The molecule has 1 aliphatic rings. The van der Waals surface area contributed by atoms with Gasteiger partial charge in [-0.3, -0.25) is 9.59 Å². The molecule has 0 spiro atoms. The molecule has 3 rings (SSSR count). The lowest BCUT2D eigenvalue weighted by atomic mass is 9.98. The van der Waals surface area contributed by atoms with Crippen molar-refractivity contribution >= 4 is 22.6 Å².